The zero-order chi connectivity index (χ0) is 19.8. The lowest BCUT2D eigenvalue weighted by Gasteiger charge is -2.19. The maximum atomic E-state index is 12.1. The van der Waals surface area contributed by atoms with Crippen LogP contribution in [0.4, 0.5) is 5.69 Å². The van der Waals surface area contributed by atoms with Crippen LogP contribution >= 0.6 is 11.6 Å². The standard InChI is InChI=1S/C20H23ClN2O4/c1-13-3-6-15(7-4-13)18(27-10-9-24)12-22-19(25)20(26)23-17-11-16(21)8-5-14(17)2/h3-8,11,18,24H,9-10,12H2,1-2H3,(H,22,25)(H,23,26)/t18-/m0/s1. The number of hydrogen-bond donors (Lipinski definition) is 3. The number of amides is 2. The number of anilines is 1. The van der Waals surface area contributed by atoms with Gasteiger partial charge < -0.3 is 20.5 Å². The molecule has 0 spiro atoms. The van der Waals surface area contributed by atoms with Crippen molar-refractivity contribution >= 4 is 29.1 Å². The van der Waals surface area contributed by atoms with Crippen molar-refractivity contribution in [3.05, 3.63) is 64.2 Å². The highest BCUT2D eigenvalue weighted by Gasteiger charge is 2.18. The quantitative estimate of drug-likeness (QED) is 0.634. The topological polar surface area (TPSA) is 87.7 Å². The molecule has 6 nitrogen and oxygen atoms in total. The average Bonchev–Trinajstić information content (AvgIpc) is 2.65. The monoisotopic (exact) mass is 390 g/mol. The molecule has 0 unspecified atom stereocenters. The lowest BCUT2D eigenvalue weighted by molar-refractivity contribution is -0.136. The van der Waals surface area contributed by atoms with Crippen LogP contribution in [0.2, 0.25) is 5.02 Å². The van der Waals surface area contributed by atoms with Crippen LogP contribution < -0.4 is 10.6 Å². The van der Waals surface area contributed by atoms with Gasteiger partial charge in [-0.1, -0.05) is 47.5 Å². The van der Waals surface area contributed by atoms with Crippen LogP contribution in [0.3, 0.4) is 0 Å². The summed E-state index contributed by atoms with van der Waals surface area (Å²) in [5, 5.41) is 14.6. The number of ether oxygens (including phenoxy) is 1. The molecular weight excluding hydrogens is 368 g/mol. The van der Waals surface area contributed by atoms with E-state index in [0.29, 0.717) is 10.7 Å². The summed E-state index contributed by atoms with van der Waals surface area (Å²) in [4.78, 5) is 24.3. The summed E-state index contributed by atoms with van der Waals surface area (Å²) in [6.45, 7) is 3.87. The molecule has 2 amide bonds. The second-order valence-corrected chi connectivity index (χ2v) is 6.55. The number of carbonyl (C=O) groups excluding carboxylic acids is 2. The van der Waals surface area contributed by atoms with Gasteiger partial charge in [-0.25, -0.2) is 0 Å². The fraction of sp³-hybridized carbons (Fsp3) is 0.300. The fourth-order valence-corrected chi connectivity index (χ4v) is 2.59. The Morgan fingerprint density at radius 1 is 1.11 bits per heavy atom. The Morgan fingerprint density at radius 2 is 1.81 bits per heavy atom. The zero-order valence-corrected chi connectivity index (χ0v) is 16.0. The van der Waals surface area contributed by atoms with Gasteiger partial charge in [0.15, 0.2) is 0 Å². The third-order valence-electron chi connectivity index (χ3n) is 3.96. The minimum Gasteiger partial charge on any atom is -0.394 e. The summed E-state index contributed by atoms with van der Waals surface area (Å²) < 4.78 is 5.59. The minimum atomic E-state index is -0.787. The second kappa shape index (κ2) is 10.1. The number of carbonyl (C=O) groups is 2. The zero-order valence-electron chi connectivity index (χ0n) is 15.3. The molecule has 0 saturated carbocycles. The lowest BCUT2D eigenvalue weighted by Crippen LogP contribution is -2.38. The Bertz CT molecular complexity index is 793. The van der Waals surface area contributed by atoms with Crippen LogP contribution in [-0.2, 0) is 14.3 Å². The summed E-state index contributed by atoms with van der Waals surface area (Å²) in [5.41, 5.74) is 3.22. The first-order chi connectivity index (χ1) is 12.9. The highest BCUT2D eigenvalue weighted by Crippen LogP contribution is 2.20. The molecule has 0 saturated heterocycles. The Kier molecular flexibility index (Phi) is 7.79. The summed E-state index contributed by atoms with van der Waals surface area (Å²) in [6, 6.07) is 12.7. The number of aliphatic hydroxyl groups excluding tert-OH is 1. The molecule has 3 N–H and O–H groups in total. The van der Waals surface area contributed by atoms with E-state index in [0.717, 1.165) is 16.7 Å². The molecule has 1 atom stereocenters. The fourth-order valence-electron chi connectivity index (χ4n) is 2.42. The summed E-state index contributed by atoms with van der Waals surface area (Å²) in [6.07, 6.45) is -0.470. The third kappa shape index (κ3) is 6.36. The summed E-state index contributed by atoms with van der Waals surface area (Å²) in [7, 11) is 0. The van der Waals surface area contributed by atoms with Gasteiger partial charge in [0.25, 0.3) is 0 Å². The van der Waals surface area contributed by atoms with Gasteiger partial charge in [0, 0.05) is 17.3 Å². The Balaban J connectivity index is 1.98. The molecule has 27 heavy (non-hydrogen) atoms. The molecule has 0 bridgehead atoms. The Labute approximate surface area is 163 Å². The normalized spacial score (nSPS) is 11.7. The summed E-state index contributed by atoms with van der Waals surface area (Å²) in [5.74, 6) is -1.57. The maximum Gasteiger partial charge on any atom is 0.313 e. The number of aryl methyl sites for hydroxylation is 2. The van der Waals surface area contributed by atoms with E-state index in [1.54, 1.807) is 25.1 Å². The van der Waals surface area contributed by atoms with Crippen molar-refractivity contribution in [1.82, 2.24) is 5.32 Å². The first-order valence-electron chi connectivity index (χ1n) is 8.55. The predicted molar refractivity (Wildman–Crippen MR) is 105 cm³/mol. The first-order valence-corrected chi connectivity index (χ1v) is 8.93. The summed E-state index contributed by atoms with van der Waals surface area (Å²) >= 11 is 5.92. The SMILES string of the molecule is Cc1ccc([C@H](CNC(=O)C(=O)Nc2cc(Cl)ccc2C)OCCO)cc1. The van der Waals surface area contributed by atoms with E-state index in [1.165, 1.54) is 0 Å². The first kappa shape index (κ1) is 20.9. The van der Waals surface area contributed by atoms with Crippen LogP contribution in [-0.4, -0.2) is 36.7 Å². The molecule has 0 aliphatic heterocycles. The van der Waals surface area contributed by atoms with Crippen LogP contribution in [0, 0.1) is 13.8 Å². The molecule has 0 radical (unpaired) electrons. The third-order valence-corrected chi connectivity index (χ3v) is 4.20. The molecule has 0 aromatic heterocycles. The van der Waals surface area contributed by atoms with Crippen molar-refractivity contribution in [1.29, 1.82) is 0 Å². The van der Waals surface area contributed by atoms with Crippen molar-refractivity contribution < 1.29 is 19.4 Å². The van der Waals surface area contributed by atoms with Crippen molar-refractivity contribution in [2.24, 2.45) is 0 Å². The largest absolute Gasteiger partial charge is 0.394 e. The molecule has 0 heterocycles. The van der Waals surface area contributed by atoms with Gasteiger partial charge in [-0.3, -0.25) is 9.59 Å². The number of halogens is 1. The van der Waals surface area contributed by atoms with Crippen LogP contribution in [0.15, 0.2) is 42.5 Å². The smallest absolute Gasteiger partial charge is 0.313 e. The van der Waals surface area contributed by atoms with Gasteiger partial charge in [-0.05, 0) is 37.1 Å². The Morgan fingerprint density at radius 3 is 2.48 bits per heavy atom. The van der Waals surface area contributed by atoms with Gasteiger partial charge in [-0.15, -0.1) is 0 Å². The van der Waals surface area contributed by atoms with Gasteiger partial charge in [-0.2, -0.15) is 0 Å². The van der Waals surface area contributed by atoms with Gasteiger partial charge >= 0.3 is 11.8 Å². The van der Waals surface area contributed by atoms with Crippen LogP contribution in [0.25, 0.3) is 0 Å². The highest BCUT2D eigenvalue weighted by molar-refractivity contribution is 6.40. The van der Waals surface area contributed by atoms with Gasteiger partial charge in [0.1, 0.15) is 0 Å². The predicted octanol–water partition coefficient (Wildman–Crippen LogP) is 2.76. The number of hydrogen-bond acceptors (Lipinski definition) is 4. The second-order valence-electron chi connectivity index (χ2n) is 6.12. The van der Waals surface area contributed by atoms with Gasteiger partial charge in [0.2, 0.25) is 0 Å². The van der Waals surface area contributed by atoms with E-state index in [2.05, 4.69) is 10.6 Å². The molecule has 0 aliphatic rings. The molecule has 7 heteroatoms. The highest BCUT2D eigenvalue weighted by atomic mass is 35.5. The molecule has 2 aromatic rings. The van der Waals surface area contributed by atoms with Gasteiger partial charge in [0.05, 0.1) is 19.3 Å². The van der Waals surface area contributed by atoms with E-state index < -0.39 is 17.9 Å². The average molecular weight is 391 g/mol. The minimum absolute atomic E-state index is 0.101. The van der Waals surface area contributed by atoms with Crippen LogP contribution in [0.5, 0.6) is 0 Å². The van der Waals surface area contributed by atoms with E-state index in [9.17, 15) is 9.59 Å². The molecule has 2 aromatic carbocycles. The lowest BCUT2D eigenvalue weighted by atomic mass is 10.1. The van der Waals surface area contributed by atoms with E-state index in [4.69, 9.17) is 21.4 Å². The van der Waals surface area contributed by atoms with Crippen molar-refractivity contribution in [2.45, 2.75) is 20.0 Å². The van der Waals surface area contributed by atoms with Crippen molar-refractivity contribution in [3.63, 3.8) is 0 Å². The van der Waals surface area contributed by atoms with Crippen molar-refractivity contribution in [3.8, 4) is 0 Å². The maximum absolute atomic E-state index is 12.1. The molecule has 0 fully saturated rings. The molecular formula is C20H23ClN2O4. The van der Waals surface area contributed by atoms with E-state index in [-0.39, 0.29) is 19.8 Å². The number of aliphatic hydroxyl groups is 1. The van der Waals surface area contributed by atoms with E-state index >= 15 is 0 Å². The number of benzene rings is 2. The number of rotatable bonds is 7. The molecule has 0 aliphatic carbocycles. The van der Waals surface area contributed by atoms with E-state index in [1.807, 2.05) is 31.2 Å². The Hall–Kier alpha value is -2.41. The van der Waals surface area contributed by atoms with Crippen molar-refractivity contribution in [2.75, 3.05) is 25.1 Å². The van der Waals surface area contributed by atoms with Crippen LogP contribution in [0.1, 0.15) is 22.8 Å². The number of nitrogens with one attached hydrogen (secondary N) is 2. The molecule has 144 valence electrons. The molecule has 2 rings (SSSR count).